The van der Waals surface area contributed by atoms with Gasteiger partial charge < -0.3 is 4.57 Å². The van der Waals surface area contributed by atoms with Crippen LogP contribution >= 0.6 is 23.4 Å². The molecule has 1 aromatic rings. The van der Waals surface area contributed by atoms with Crippen LogP contribution in [-0.4, -0.2) is 26.8 Å². The molecule has 1 heterocycles. The molecule has 0 aromatic carbocycles. The summed E-state index contributed by atoms with van der Waals surface area (Å²) >= 11 is 7.86. The lowest BCUT2D eigenvalue weighted by molar-refractivity contribution is 0.495. The van der Waals surface area contributed by atoms with Gasteiger partial charge in [0.1, 0.15) is 5.82 Å². The fourth-order valence-corrected chi connectivity index (χ4v) is 2.02. The van der Waals surface area contributed by atoms with E-state index in [1.54, 1.807) is 0 Å². The summed E-state index contributed by atoms with van der Waals surface area (Å²) < 4.78 is 2.01. The largest absolute Gasteiger partial charge is 0.301 e. The lowest BCUT2D eigenvalue weighted by atomic mass is 9.96. The molecule has 0 aliphatic heterocycles. The van der Waals surface area contributed by atoms with E-state index in [2.05, 4.69) is 37.2 Å². The maximum absolute atomic E-state index is 6.01. The highest BCUT2D eigenvalue weighted by Crippen LogP contribution is 2.23. The van der Waals surface area contributed by atoms with Gasteiger partial charge in [0.05, 0.1) is 0 Å². The lowest BCUT2D eigenvalue weighted by Gasteiger charge is -2.18. The Bertz CT molecular complexity index is 317. The minimum atomic E-state index is -0.000499. The molecule has 0 radical (unpaired) electrons. The standard InChI is InChI=1S/C10H18ClN3S/c1-10(2,3)8-12-13-9(11)14(8)6-5-7-15-4/h5-7H2,1-4H3. The first-order chi connectivity index (χ1) is 6.96. The van der Waals surface area contributed by atoms with Gasteiger partial charge in [-0.15, -0.1) is 10.2 Å². The normalized spacial score (nSPS) is 12.1. The predicted octanol–water partition coefficient (Wildman–Crippen LogP) is 2.98. The van der Waals surface area contributed by atoms with Gasteiger partial charge >= 0.3 is 0 Å². The van der Waals surface area contributed by atoms with Crippen molar-refractivity contribution < 1.29 is 0 Å². The monoisotopic (exact) mass is 247 g/mol. The number of thioether (sulfide) groups is 1. The van der Waals surface area contributed by atoms with Crippen molar-refractivity contribution in [3.05, 3.63) is 11.1 Å². The molecule has 86 valence electrons. The summed E-state index contributed by atoms with van der Waals surface area (Å²) in [5, 5.41) is 8.57. The van der Waals surface area contributed by atoms with E-state index in [0.29, 0.717) is 5.28 Å². The zero-order valence-corrected chi connectivity index (χ0v) is 11.3. The molecule has 0 aliphatic carbocycles. The van der Waals surface area contributed by atoms with Crippen LogP contribution in [0.3, 0.4) is 0 Å². The van der Waals surface area contributed by atoms with Crippen molar-refractivity contribution in [2.75, 3.05) is 12.0 Å². The second-order valence-electron chi connectivity index (χ2n) is 4.54. The van der Waals surface area contributed by atoms with Crippen molar-refractivity contribution in [2.45, 2.75) is 39.2 Å². The van der Waals surface area contributed by atoms with Gasteiger partial charge in [0.15, 0.2) is 0 Å². The molecule has 5 heteroatoms. The van der Waals surface area contributed by atoms with Crippen molar-refractivity contribution in [1.82, 2.24) is 14.8 Å². The molecule has 0 bridgehead atoms. The molecule has 0 saturated heterocycles. The van der Waals surface area contributed by atoms with E-state index in [0.717, 1.165) is 24.5 Å². The number of hydrogen-bond acceptors (Lipinski definition) is 3. The molecule has 0 amide bonds. The Balaban J connectivity index is 2.80. The van der Waals surface area contributed by atoms with Crippen molar-refractivity contribution in [2.24, 2.45) is 0 Å². The molecular formula is C10H18ClN3S. The molecule has 1 rings (SSSR count). The van der Waals surface area contributed by atoms with Crippen LogP contribution in [0, 0.1) is 0 Å². The lowest BCUT2D eigenvalue weighted by Crippen LogP contribution is -2.19. The molecule has 0 unspecified atom stereocenters. The van der Waals surface area contributed by atoms with Crippen LogP contribution < -0.4 is 0 Å². The Hall–Kier alpha value is -0.220. The van der Waals surface area contributed by atoms with Crippen LogP contribution in [0.25, 0.3) is 0 Å². The Kier molecular flexibility index (Phi) is 4.46. The molecule has 0 aliphatic rings. The number of halogens is 1. The average molecular weight is 248 g/mol. The van der Waals surface area contributed by atoms with Gasteiger partial charge in [-0.25, -0.2) is 0 Å². The van der Waals surface area contributed by atoms with Gasteiger partial charge in [0, 0.05) is 12.0 Å². The molecule has 0 saturated carbocycles. The van der Waals surface area contributed by atoms with Crippen molar-refractivity contribution in [3.8, 4) is 0 Å². The zero-order valence-electron chi connectivity index (χ0n) is 9.75. The third-order valence-corrected chi connectivity index (χ3v) is 3.08. The van der Waals surface area contributed by atoms with E-state index in [1.807, 2.05) is 16.3 Å². The third kappa shape index (κ3) is 3.38. The Labute approximate surface area is 101 Å². The van der Waals surface area contributed by atoms with Crippen molar-refractivity contribution >= 4 is 23.4 Å². The first-order valence-corrected chi connectivity index (χ1v) is 6.82. The van der Waals surface area contributed by atoms with Crippen LogP contribution in [0.2, 0.25) is 5.28 Å². The first-order valence-electron chi connectivity index (χ1n) is 5.05. The molecule has 0 N–H and O–H groups in total. The summed E-state index contributed by atoms with van der Waals surface area (Å²) in [6, 6.07) is 0. The summed E-state index contributed by atoms with van der Waals surface area (Å²) in [5.41, 5.74) is -0.000499. The average Bonchev–Trinajstić information content (AvgIpc) is 2.48. The summed E-state index contributed by atoms with van der Waals surface area (Å²) in [6.45, 7) is 7.27. The van der Waals surface area contributed by atoms with Gasteiger partial charge in [-0.05, 0) is 30.0 Å². The van der Waals surface area contributed by atoms with Crippen LogP contribution in [0.1, 0.15) is 33.0 Å². The first kappa shape index (κ1) is 12.8. The summed E-state index contributed by atoms with van der Waals surface area (Å²) in [5.74, 6) is 2.10. The van der Waals surface area contributed by atoms with Gasteiger partial charge in [0.2, 0.25) is 5.28 Å². The summed E-state index contributed by atoms with van der Waals surface area (Å²) in [7, 11) is 0. The third-order valence-electron chi connectivity index (χ3n) is 2.11. The van der Waals surface area contributed by atoms with Crippen LogP contribution in [0.4, 0.5) is 0 Å². The molecule has 3 nitrogen and oxygen atoms in total. The van der Waals surface area contributed by atoms with E-state index < -0.39 is 0 Å². The van der Waals surface area contributed by atoms with E-state index in [1.165, 1.54) is 0 Å². The second-order valence-corrected chi connectivity index (χ2v) is 5.86. The van der Waals surface area contributed by atoms with Gasteiger partial charge in [-0.3, -0.25) is 0 Å². The number of aromatic nitrogens is 3. The van der Waals surface area contributed by atoms with E-state index in [-0.39, 0.29) is 5.41 Å². The number of hydrogen-bond donors (Lipinski definition) is 0. The van der Waals surface area contributed by atoms with Crippen LogP contribution in [-0.2, 0) is 12.0 Å². The van der Waals surface area contributed by atoms with E-state index in [9.17, 15) is 0 Å². The summed E-state index contributed by atoms with van der Waals surface area (Å²) in [4.78, 5) is 0. The molecule has 0 spiro atoms. The van der Waals surface area contributed by atoms with Crippen LogP contribution in [0.5, 0.6) is 0 Å². The smallest absolute Gasteiger partial charge is 0.225 e. The van der Waals surface area contributed by atoms with Gasteiger partial charge in [-0.2, -0.15) is 11.8 Å². The molecule has 1 aromatic heterocycles. The Morgan fingerprint density at radius 3 is 2.53 bits per heavy atom. The van der Waals surface area contributed by atoms with Gasteiger partial charge in [0.25, 0.3) is 0 Å². The highest BCUT2D eigenvalue weighted by atomic mass is 35.5. The molecule has 0 fully saturated rings. The fraction of sp³-hybridized carbons (Fsp3) is 0.800. The molecule has 0 atom stereocenters. The quantitative estimate of drug-likeness (QED) is 0.767. The SMILES string of the molecule is CSCCCn1c(Cl)nnc1C(C)(C)C. The van der Waals surface area contributed by atoms with Crippen LogP contribution in [0.15, 0.2) is 0 Å². The molecular weight excluding hydrogens is 230 g/mol. The highest BCUT2D eigenvalue weighted by molar-refractivity contribution is 7.98. The summed E-state index contributed by atoms with van der Waals surface area (Å²) in [6.07, 6.45) is 3.21. The fourth-order valence-electron chi connectivity index (χ4n) is 1.40. The number of rotatable bonds is 4. The van der Waals surface area contributed by atoms with E-state index >= 15 is 0 Å². The Morgan fingerprint density at radius 1 is 1.33 bits per heavy atom. The molecule has 15 heavy (non-hydrogen) atoms. The maximum Gasteiger partial charge on any atom is 0.225 e. The van der Waals surface area contributed by atoms with Gasteiger partial charge in [-0.1, -0.05) is 20.8 Å². The maximum atomic E-state index is 6.01. The zero-order chi connectivity index (χ0) is 11.5. The topological polar surface area (TPSA) is 30.7 Å². The van der Waals surface area contributed by atoms with Crippen molar-refractivity contribution in [3.63, 3.8) is 0 Å². The van der Waals surface area contributed by atoms with Crippen molar-refractivity contribution in [1.29, 1.82) is 0 Å². The van der Waals surface area contributed by atoms with E-state index in [4.69, 9.17) is 11.6 Å². The number of nitrogens with zero attached hydrogens (tertiary/aromatic N) is 3. The highest BCUT2D eigenvalue weighted by Gasteiger charge is 2.22. The second kappa shape index (κ2) is 5.21. The predicted molar refractivity (Wildman–Crippen MR) is 66.7 cm³/mol. The minimum absolute atomic E-state index is 0.000499. The minimum Gasteiger partial charge on any atom is -0.301 e. The Morgan fingerprint density at radius 2 is 2.00 bits per heavy atom.